The molecule has 2 fully saturated rings. The first-order valence-electron chi connectivity index (χ1n) is 11.4. The van der Waals surface area contributed by atoms with Gasteiger partial charge >= 0.3 is 0 Å². The monoisotopic (exact) mass is 416 g/mol. The number of fused-ring (bicyclic) bond motifs is 3. The fraction of sp³-hybridized carbons (Fsp3) is 0.458. The van der Waals surface area contributed by atoms with Crippen LogP contribution < -0.4 is 10.2 Å². The highest BCUT2D eigenvalue weighted by Gasteiger charge is 2.37. The summed E-state index contributed by atoms with van der Waals surface area (Å²) in [5.74, 6) is 1.27. The number of nitrogens with one attached hydrogen (secondary N) is 1. The lowest BCUT2D eigenvalue weighted by Crippen LogP contribution is -2.50. The van der Waals surface area contributed by atoms with Crippen molar-refractivity contribution in [3.05, 3.63) is 42.2 Å². The lowest BCUT2D eigenvalue weighted by Gasteiger charge is -2.41. The lowest BCUT2D eigenvalue weighted by atomic mass is 9.94. The van der Waals surface area contributed by atoms with Crippen LogP contribution in [0.15, 0.2) is 36.7 Å². The molecule has 3 atom stereocenters. The van der Waals surface area contributed by atoms with Crippen LogP contribution in [0.25, 0.3) is 22.4 Å². The predicted octanol–water partition coefficient (Wildman–Crippen LogP) is 3.29. The summed E-state index contributed by atoms with van der Waals surface area (Å²) < 4.78 is 1.76. The summed E-state index contributed by atoms with van der Waals surface area (Å²) in [6.45, 7) is 1.07. The molecule has 31 heavy (non-hydrogen) atoms. The molecule has 6 rings (SSSR count). The largest absolute Gasteiger partial charge is 0.507 e. The summed E-state index contributed by atoms with van der Waals surface area (Å²) in [6, 6.07) is 9.73. The highest BCUT2D eigenvalue weighted by molar-refractivity contribution is 5.74. The summed E-state index contributed by atoms with van der Waals surface area (Å²) >= 11 is 0. The van der Waals surface area contributed by atoms with Gasteiger partial charge in [-0.1, -0.05) is 6.07 Å². The SMILES string of the molecule is Cn1cc(-c2ccc(-c3cc4c(nn3)N([C@@H]3C[C@H]5CC[C@@H](C3)N5)CCC4)c(O)c2)cn1. The summed E-state index contributed by atoms with van der Waals surface area (Å²) in [5.41, 5.74) is 4.62. The Morgan fingerprint density at radius 1 is 1.06 bits per heavy atom. The molecule has 7 heteroatoms. The molecule has 0 saturated carbocycles. The first-order valence-corrected chi connectivity index (χ1v) is 11.4. The molecular formula is C24H28N6O. The highest BCUT2D eigenvalue weighted by atomic mass is 16.3. The number of hydrogen-bond donors (Lipinski definition) is 2. The molecular weight excluding hydrogens is 388 g/mol. The van der Waals surface area contributed by atoms with Crippen LogP contribution in [0.3, 0.4) is 0 Å². The first kappa shape index (κ1) is 18.8. The minimum Gasteiger partial charge on any atom is -0.507 e. The fourth-order valence-electron chi connectivity index (χ4n) is 5.66. The number of piperidine rings is 1. The number of hydrogen-bond acceptors (Lipinski definition) is 6. The molecule has 2 N–H and O–H groups in total. The molecule has 2 aromatic heterocycles. The minimum absolute atomic E-state index is 0.221. The quantitative estimate of drug-likeness (QED) is 0.682. The number of rotatable bonds is 3. The average Bonchev–Trinajstić information content (AvgIpc) is 3.37. The van der Waals surface area contributed by atoms with Crippen molar-refractivity contribution in [1.82, 2.24) is 25.3 Å². The Hall–Kier alpha value is -2.93. The topological polar surface area (TPSA) is 79.1 Å². The molecule has 0 aliphatic carbocycles. The van der Waals surface area contributed by atoms with Gasteiger partial charge in [-0.2, -0.15) is 5.10 Å². The van der Waals surface area contributed by atoms with Gasteiger partial charge in [-0.25, -0.2) is 0 Å². The smallest absolute Gasteiger partial charge is 0.154 e. The Balaban J connectivity index is 1.29. The van der Waals surface area contributed by atoms with Crippen LogP contribution in [0.1, 0.15) is 37.7 Å². The number of aryl methyl sites for hydroxylation is 2. The van der Waals surface area contributed by atoms with E-state index in [0.717, 1.165) is 47.6 Å². The second-order valence-electron chi connectivity index (χ2n) is 9.27. The van der Waals surface area contributed by atoms with Crippen LogP contribution in [-0.4, -0.2) is 49.8 Å². The van der Waals surface area contributed by atoms with Gasteiger partial charge in [0, 0.05) is 49.0 Å². The van der Waals surface area contributed by atoms with E-state index in [-0.39, 0.29) is 5.75 Å². The molecule has 2 bridgehead atoms. The Morgan fingerprint density at radius 3 is 2.65 bits per heavy atom. The molecule has 0 amide bonds. The summed E-state index contributed by atoms with van der Waals surface area (Å²) in [7, 11) is 1.89. The predicted molar refractivity (Wildman–Crippen MR) is 120 cm³/mol. The second-order valence-corrected chi connectivity index (χ2v) is 9.27. The van der Waals surface area contributed by atoms with Gasteiger partial charge in [0.2, 0.25) is 0 Å². The third-order valence-electron chi connectivity index (χ3n) is 7.17. The number of aromatic nitrogens is 4. The van der Waals surface area contributed by atoms with E-state index in [1.54, 1.807) is 16.9 Å². The van der Waals surface area contributed by atoms with Crippen LogP contribution in [0, 0.1) is 0 Å². The molecule has 0 radical (unpaired) electrons. The van der Waals surface area contributed by atoms with E-state index in [9.17, 15) is 5.11 Å². The molecule has 3 aliphatic heterocycles. The maximum Gasteiger partial charge on any atom is 0.154 e. The van der Waals surface area contributed by atoms with Crippen LogP contribution >= 0.6 is 0 Å². The number of phenols is 1. The molecule has 5 heterocycles. The summed E-state index contributed by atoms with van der Waals surface area (Å²) in [4.78, 5) is 2.51. The first-order chi connectivity index (χ1) is 15.1. The Bertz CT molecular complexity index is 1110. The third kappa shape index (κ3) is 3.37. The van der Waals surface area contributed by atoms with Crippen molar-refractivity contribution in [1.29, 1.82) is 0 Å². The van der Waals surface area contributed by atoms with Crippen molar-refractivity contribution in [3.8, 4) is 28.1 Å². The van der Waals surface area contributed by atoms with Crippen molar-refractivity contribution >= 4 is 5.82 Å². The average molecular weight is 417 g/mol. The minimum atomic E-state index is 0.221. The van der Waals surface area contributed by atoms with Gasteiger partial charge in [0.25, 0.3) is 0 Å². The second kappa shape index (κ2) is 7.34. The van der Waals surface area contributed by atoms with Crippen molar-refractivity contribution in [2.45, 2.75) is 56.7 Å². The van der Waals surface area contributed by atoms with Crippen molar-refractivity contribution in [2.24, 2.45) is 7.05 Å². The highest BCUT2D eigenvalue weighted by Crippen LogP contribution is 2.37. The van der Waals surface area contributed by atoms with E-state index in [2.05, 4.69) is 31.6 Å². The zero-order valence-electron chi connectivity index (χ0n) is 17.8. The van der Waals surface area contributed by atoms with Gasteiger partial charge in [0.1, 0.15) is 5.75 Å². The van der Waals surface area contributed by atoms with Gasteiger partial charge in [-0.3, -0.25) is 4.68 Å². The van der Waals surface area contributed by atoms with Crippen LogP contribution in [0.5, 0.6) is 5.75 Å². The Labute approximate surface area is 182 Å². The van der Waals surface area contributed by atoms with E-state index < -0.39 is 0 Å². The zero-order chi connectivity index (χ0) is 20.9. The molecule has 3 aliphatic rings. The molecule has 0 spiro atoms. The maximum atomic E-state index is 10.7. The number of aromatic hydroxyl groups is 1. The number of anilines is 1. The molecule has 2 saturated heterocycles. The molecule has 160 valence electrons. The van der Waals surface area contributed by atoms with E-state index >= 15 is 0 Å². The van der Waals surface area contributed by atoms with Gasteiger partial charge in [0.15, 0.2) is 5.82 Å². The van der Waals surface area contributed by atoms with E-state index in [1.165, 1.54) is 31.2 Å². The fourth-order valence-corrected chi connectivity index (χ4v) is 5.66. The molecule has 3 aromatic rings. The Morgan fingerprint density at radius 2 is 1.90 bits per heavy atom. The van der Waals surface area contributed by atoms with Crippen molar-refractivity contribution in [3.63, 3.8) is 0 Å². The van der Waals surface area contributed by atoms with Crippen molar-refractivity contribution < 1.29 is 5.11 Å². The number of nitrogens with zero attached hydrogens (tertiary/aromatic N) is 5. The van der Waals surface area contributed by atoms with Gasteiger partial charge in [0.05, 0.1) is 11.9 Å². The summed E-state index contributed by atoms with van der Waals surface area (Å²) in [6.07, 6.45) is 10.9. The van der Waals surface area contributed by atoms with E-state index in [4.69, 9.17) is 0 Å². The summed E-state index contributed by atoms with van der Waals surface area (Å²) in [5, 5.41) is 27.9. The number of benzene rings is 1. The molecule has 7 nitrogen and oxygen atoms in total. The van der Waals surface area contributed by atoms with E-state index in [1.807, 2.05) is 25.4 Å². The maximum absolute atomic E-state index is 10.7. The number of phenolic OH excluding ortho intramolecular Hbond substituents is 1. The normalized spacial score (nSPS) is 24.9. The standard InChI is InChI=1S/C24H28N6O/c1-29-14-17(13-25-29)15-4-7-21(23(31)10-15)22-9-16-3-2-8-30(24(16)28-27-22)20-11-18-5-6-19(12-20)26-18/h4,7,9-10,13-14,18-20,26,31H,2-3,5-6,8,11-12H2,1H3/t18-,19+,20-. The van der Waals surface area contributed by atoms with Crippen LogP contribution in [0.4, 0.5) is 5.82 Å². The lowest BCUT2D eigenvalue weighted by molar-refractivity contribution is 0.341. The molecule has 0 unspecified atom stereocenters. The molecule has 1 aromatic carbocycles. The van der Waals surface area contributed by atoms with Gasteiger partial charge in [-0.05, 0) is 67.9 Å². The van der Waals surface area contributed by atoms with Gasteiger partial charge < -0.3 is 15.3 Å². The van der Waals surface area contributed by atoms with Crippen LogP contribution in [0.2, 0.25) is 0 Å². The zero-order valence-corrected chi connectivity index (χ0v) is 17.8. The Kier molecular flexibility index (Phi) is 4.45. The van der Waals surface area contributed by atoms with Crippen LogP contribution in [-0.2, 0) is 13.5 Å². The van der Waals surface area contributed by atoms with E-state index in [0.29, 0.717) is 18.1 Å². The third-order valence-corrected chi connectivity index (χ3v) is 7.17. The van der Waals surface area contributed by atoms with Gasteiger partial charge in [-0.15, -0.1) is 10.2 Å². The van der Waals surface area contributed by atoms with Crippen molar-refractivity contribution in [2.75, 3.05) is 11.4 Å².